The van der Waals surface area contributed by atoms with Crippen molar-refractivity contribution in [1.82, 2.24) is 0 Å². The van der Waals surface area contributed by atoms with Crippen LogP contribution in [-0.4, -0.2) is 37.0 Å². The number of carbonyl (C=O) groups is 4. The Hall–Kier alpha value is -2.72. The van der Waals surface area contributed by atoms with Crippen molar-refractivity contribution in [2.45, 2.75) is 104 Å². The van der Waals surface area contributed by atoms with Crippen molar-refractivity contribution in [2.24, 2.45) is 0 Å². The monoisotopic (exact) mass is 588 g/mol. The van der Waals surface area contributed by atoms with Crippen LogP contribution in [0.1, 0.15) is 120 Å². The van der Waals surface area contributed by atoms with Crippen molar-refractivity contribution < 1.29 is 28.7 Å². The van der Waals surface area contributed by atoms with Gasteiger partial charge in [-0.3, -0.25) is 9.59 Å². The highest BCUT2D eigenvalue weighted by Gasteiger charge is 2.28. The van der Waals surface area contributed by atoms with Crippen molar-refractivity contribution >= 4 is 56.4 Å². The average molecular weight is 589 g/mol. The molecule has 218 valence electrons. The molecule has 0 aliphatic heterocycles. The van der Waals surface area contributed by atoms with Gasteiger partial charge < -0.3 is 20.1 Å². The van der Waals surface area contributed by atoms with Gasteiger partial charge in [-0.25, -0.2) is 9.59 Å². The Balaban J connectivity index is 1.31. The van der Waals surface area contributed by atoms with Crippen LogP contribution in [0, 0.1) is 0 Å². The molecule has 40 heavy (non-hydrogen) atoms. The zero-order chi connectivity index (χ0) is 28.5. The lowest BCUT2D eigenvalue weighted by molar-refractivity contribution is -0.118. The summed E-state index contributed by atoms with van der Waals surface area (Å²) in [6.45, 7) is 4.13. The fraction of sp³-hybridized carbons (Fsp3) is 0.600. The maximum Gasteiger partial charge on any atom is 0.341 e. The molecule has 2 aromatic rings. The Morgan fingerprint density at radius 2 is 1.02 bits per heavy atom. The molecule has 2 aliphatic carbocycles. The molecule has 8 nitrogen and oxygen atoms in total. The van der Waals surface area contributed by atoms with Crippen LogP contribution in [0.15, 0.2) is 0 Å². The standard InChI is InChI=1S/C30H40N2O6S2/c1-3-37-29(35)25-19-13-7-5-9-15-21(19)39-27(25)31-23(33)17-11-12-18-24(34)32-28-26(30(36)38-4-2)20-14-8-6-10-16-22(20)40-28/h3-18H2,1-2H3,(H,31,33)(H,32,34). The molecular formula is C30H40N2O6S2. The van der Waals surface area contributed by atoms with Crippen molar-refractivity contribution in [3.05, 3.63) is 32.0 Å². The zero-order valence-electron chi connectivity index (χ0n) is 23.6. The van der Waals surface area contributed by atoms with E-state index in [0.717, 1.165) is 75.3 Å². The van der Waals surface area contributed by atoms with E-state index in [0.29, 0.717) is 34.0 Å². The van der Waals surface area contributed by atoms with Crippen LogP contribution in [0.5, 0.6) is 0 Å². The number of ether oxygens (including phenoxy) is 2. The van der Waals surface area contributed by atoms with Gasteiger partial charge in [0.2, 0.25) is 11.8 Å². The number of fused-ring (bicyclic) bond motifs is 2. The smallest absolute Gasteiger partial charge is 0.341 e. The van der Waals surface area contributed by atoms with Gasteiger partial charge in [-0.05, 0) is 89.2 Å². The Kier molecular flexibility index (Phi) is 11.2. The summed E-state index contributed by atoms with van der Waals surface area (Å²) < 4.78 is 10.6. The number of hydrogen-bond donors (Lipinski definition) is 2. The van der Waals surface area contributed by atoms with Crippen LogP contribution in [0.25, 0.3) is 0 Å². The third-order valence-corrected chi connectivity index (χ3v) is 9.78. The maximum absolute atomic E-state index is 12.8. The molecule has 0 fully saturated rings. The molecule has 0 atom stereocenters. The number of carbonyl (C=O) groups excluding carboxylic acids is 4. The van der Waals surface area contributed by atoms with Crippen LogP contribution in [-0.2, 0) is 44.7 Å². The van der Waals surface area contributed by atoms with Gasteiger partial charge in [0, 0.05) is 22.6 Å². The molecule has 0 unspecified atom stereocenters. The molecular weight excluding hydrogens is 548 g/mol. The molecule has 0 aromatic carbocycles. The SMILES string of the molecule is CCOC(=O)c1c(NC(=O)CCCCC(=O)Nc2sc3c(c2C(=O)OCC)CCCCC3)sc2c1CCCCC2. The molecule has 0 spiro atoms. The highest BCUT2D eigenvalue weighted by Crippen LogP contribution is 2.39. The summed E-state index contributed by atoms with van der Waals surface area (Å²) in [6.07, 6.45) is 11.6. The van der Waals surface area contributed by atoms with E-state index in [1.165, 1.54) is 32.4 Å². The molecule has 2 aliphatic rings. The average Bonchev–Trinajstić information content (AvgIpc) is 3.20. The third-order valence-electron chi connectivity index (χ3n) is 7.37. The first-order valence-electron chi connectivity index (χ1n) is 14.7. The predicted molar refractivity (Wildman–Crippen MR) is 159 cm³/mol. The van der Waals surface area contributed by atoms with Crippen LogP contribution < -0.4 is 10.6 Å². The molecule has 2 N–H and O–H groups in total. The van der Waals surface area contributed by atoms with Crippen molar-refractivity contribution in [3.63, 3.8) is 0 Å². The predicted octanol–water partition coefficient (Wildman–Crippen LogP) is 6.84. The molecule has 4 rings (SSSR count). The van der Waals surface area contributed by atoms with E-state index < -0.39 is 0 Å². The number of unbranched alkanes of at least 4 members (excludes halogenated alkanes) is 1. The summed E-state index contributed by atoms with van der Waals surface area (Å²) in [5, 5.41) is 7.06. The number of nitrogens with one attached hydrogen (secondary N) is 2. The highest BCUT2D eigenvalue weighted by molar-refractivity contribution is 7.17. The lowest BCUT2D eigenvalue weighted by atomic mass is 10.1. The fourth-order valence-corrected chi connectivity index (χ4v) is 8.04. The summed E-state index contributed by atoms with van der Waals surface area (Å²) in [5.74, 6) is -1.09. The molecule has 2 amide bonds. The summed E-state index contributed by atoms with van der Waals surface area (Å²) in [6, 6.07) is 0. The lowest BCUT2D eigenvalue weighted by Gasteiger charge is -2.09. The molecule has 10 heteroatoms. The molecule has 2 aromatic heterocycles. The highest BCUT2D eigenvalue weighted by atomic mass is 32.1. The molecule has 0 saturated heterocycles. The second kappa shape index (κ2) is 14.8. The minimum atomic E-state index is -0.373. The second-order valence-corrected chi connectivity index (χ2v) is 12.5. The summed E-state index contributed by atoms with van der Waals surface area (Å²) >= 11 is 2.98. The normalized spacial score (nSPS) is 14.8. The lowest BCUT2D eigenvalue weighted by Crippen LogP contribution is -2.16. The van der Waals surface area contributed by atoms with Gasteiger partial charge in [0.05, 0.1) is 24.3 Å². The Labute approximate surface area is 244 Å². The largest absolute Gasteiger partial charge is 0.462 e. The first-order valence-corrected chi connectivity index (χ1v) is 16.3. The minimum Gasteiger partial charge on any atom is -0.462 e. The van der Waals surface area contributed by atoms with Crippen molar-refractivity contribution in [3.8, 4) is 0 Å². The van der Waals surface area contributed by atoms with E-state index in [4.69, 9.17) is 9.47 Å². The van der Waals surface area contributed by atoms with Crippen LogP contribution in [0.3, 0.4) is 0 Å². The van der Waals surface area contributed by atoms with Gasteiger partial charge in [0.25, 0.3) is 0 Å². The zero-order valence-corrected chi connectivity index (χ0v) is 25.2. The quantitative estimate of drug-likeness (QED) is 0.169. The number of amides is 2. The van der Waals surface area contributed by atoms with Gasteiger partial charge >= 0.3 is 11.9 Å². The minimum absolute atomic E-state index is 0.172. The number of hydrogen-bond acceptors (Lipinski definition) is 8. The third kappa shape index (κ3) is 7.51. The molecule has 0 radical (unpaired) electrons. The molecule has 2 heterocycles. The number of aryl methyl sites for hydroxylation is 2. The Morgan fingerprint density at radius 1 is 0.625 bits per heavy atom. The summed E-state index contributed by atoms with van der Waals surface area (Å²) in [7, 11) is 0. The Bertz CT molecular complexity index is 1140. The number of anilines is 2. The number of esters is 2. The summed E-state index contributed by atoms with van der Waals surface area (Å²) in [4.78, 5) is 53.3. The maximum atomic E-state index is 12.8. The summed E-state index contributed by atoms with van der Waals surface area (Å²) in [5.41, 5.74) is 3.09. The van der Waals surface area contributed by atoms with E-state index in [1.807, 2.05) is 0 Å². The van der Waals surface area contributed by atoms with E-state index >= 15 is 0 Å². The first kappa shape index (κ1) is 30.2. The number of rotatable bonds is 11. The number of thiophene rings is 2. The van der Waals surface area contributed by atoms with Crippen LogP contribution >= 0.6 is 22.7 Å². The van der Waals surface area contributed by atoms with Crippen molar-refractivity contribution in [1.29, 1.82) is 0 Å². The van der Waals surface area contributed by atoms with E-state index in [9.17, 15) is 19.2 Å². The van der Waals surface area contributed by atoms with E-state index in [2.05, 4.69) is 10.6 Å². The van der Waals surface area contributed by atoms with Gasteiger partial charge in [0.15, 0.2) is 0 Å². The van der Waals surface area contributed by atoms with E-state index in [1.54, 1.807) is 13.8 Å². The van der Waals surface area contributed by atoms with Crippen LogP contribution in [0.2, 0.25) is 0 Å². The van der Waals surface area contributed by atoms with Gasteiger partial charge in [-0.15, -0.1) is 22.7 Å². The fourth-order valence-electron chi connectivity index (χ4n) is 5.45. The van der Waals surface area contributed by atoms with Crippen molar-refractivity contribution in [2.75, 3.05) is 23.8 Å². The van der Waals surface area contributed by atoms with E-state index in [-0.39, 0.29) is 49.8 Å². The second-order valence-electron chi connectivity index (χ2n) is 10.3. The van der Waals surface area contributed by atoms with Gasteiger partial charge in [-0.1, -0.05) is 12.8 Å². The van der Waals surface area contributed by atoms with Gasteiger partial charge in [0.1, 0.15) is 10.0 Å². The first-order chi connectivity index (χ1) is 19.4. The molecule has 0 bridgehead atoms. The molecule has 0 saturated carbocycles. The topological polar surface area (TPSA) is 111 Å². The Morgan fingerprint density at radius 3 is 1.43 bits per heavy atom. The van der Waals surface area contributed by atoms with Crippen LogP contribution in [0.4, 0.5) is 10.0 Å². The van der Waals surface area contributed by atoms with Gasteiger partial charge in [-0.2, -0.15) is 0 Å².